The molecule has 0 aliphatic carbocycles. The number of allylic oxidation sites excluding steroid dienone is 4. The smallest absolute Gasteiger partial charge is 0.00926 e. The summed E-state index contributed by atoms with van der Waals surface area (Å²) >= 11 is 0. The molecule has 0 spiro atoms. The normalized spacial score (nSPS) is 11.8. The predicted octanol–water partition coefficient (Wildman–Crippen LogP) is 7.54. The van der Waals surface area contributed by atoms with Crippen molar-refractivity contribution in [3.63, 3.8) is 0 Å². The summed E-state index contributed by atoms with van der Waals surface area (Å²) in [7, 11) is 0. The van der Waals surface area contributed by atoms with Crippen LogP contribution in [0.3, 0.4) is 0 Å². The standard InChI is InChI=1S/C26H20/c1-3-5-11-19-17-25-23-15-9-7-13-21(23)22-14-8-10-16-24(22)26(25)18-20(19)12-6-4-2/h3-18H,1-2H2/b11-5-,12-6-. The Morgan fingerprint density at radius 2 is 0.846 bits per heavy atom. The third-order valence-electron chi connectivity index (χ3n) is 4.77. The van der Waals surface area contributed by atoms with Crippen LogP contribution in [0.2, 0.25) is 0 Å². The van der Waals surface area contributed by atoms with Gasteiger partial charge in [-0.25, -0.2) is 0 Å². The highest BCUT2D eigenvalue weighted by molar-refractivity contribution is 6.25. The van der Waals surface area contributed by atoms with Crippen LogP contribution in [0.25, 0.3) is 44.5 Å². The van der Waals surface area contributed by atoms with Crippen LogP contribution in [-0.4, -0.2) is 0 Å². The Bertz CT molecular complexity index is 1110. The molecule has 0 heterocycles. The maximum atomic E-state index is 3.80. The molecular weight excluding hydrogens is 312 g/mol. The molecule has 0 amide bonds. The second-order valence-electron chi connectivity index (χ2n) is 6.31. The van der Waals surface area contributed by atoms with Crippen molar-refractivity contribution < 1.29 is 0 Å². The molecule has 0 N–H and O–H groups in total. The highest BCUT2D eigenvalue weighted by atomic mass is 14.1. The van der Waals surface area contributed by atoms with Crippen LogP contribution in [0, 0.1) is 0 Å². The quantitative estimate of drug-likeness (QED) is 0.267. The average molecular weight is 332 g/mol. The molecule has 26 heavy (non-hydrogen) atoms. The minimum Gasteiger partial charge on any atom is -0.0991 e. The van der Waals surface area contributed by atoms with E-state index in [1.54, 1.807) is 0 Å². The maximum Gasteiger partial charge on any atom is -0.00926 e. The molecule has 0 radical (unpaired) electrons. The third kappa shape index (κ3) is 2.66. The van der Waals surface area contributed by atoms with Gasteiger partial charge in [0.05, 0.1) is 0 Å². The van der Waals surface area contributed by atoms with Crippen LogP contribution in [-0.2, 0) is 0 Å². The predicted molar refractivity (Wildman–Crippen MR) is 117 cm³/mol. The van der Waals surface area contributed by atoms with E-state index in [9.17, 15) is 0 Å². The first-order valence-corrected chi connectivity index (χ1v) is 8.79. The summed E-state index contributed by atoms with van der Waals surface area (Å²) in [6, 6.07) is 21.9. The minimum atomic E-state index is 1.18. The van der Waals surface area contributed by atoms with Crippen LogP contribution in [0.1, 0.15) is 11.1 Å². The molecule has 0 aromatic heterocycles. The molecule has 0 bridgehead atoms. The van der Waals surface area contributed by atoms with Crippen molar-refractivity contribution in [2.45, 2.75) is 0 Å². The van der Waals surface area contributed by atoms with E-state index in [4.69, 9.17) is 0 Å². The first kappa shape index (κ1) is 16.1. The SMILES string of the molecule is C=C/C=C\c1cc2c3ccccc3c3ccccc3c2cc1/C=C\C=C. The Labute approximate surface area is 154 Å². The van der Waals surface area contributed by atoms with Crippen molar-refractivity contribution >= 4 is 44.5 Å². The van der Waals surface area contributed by atoms with E-state index in [2.05, 4.69) is 86.0 Å². The summed E-state index contributed by atoms with van der Waals surface area (Å²) in [5, 5.41) is 7.72. The molecule has 0 fully saturated rings. The molecule has 0 nitrogen and oxygen atoms in total. The number of hydrogen-bond donors (Lipinski definition) is 0. The van der Waals surface area contributed by atoms with Crippen molar-refractivity contribution in [2.24, 2.45) is 0 Å². The van der Waals surface area contributed by atoms with E-state index in [1.807, 2.05) is 24.3 Å². The first-order valence-electron chi connectivity index (χ1n) is 8.79. The molecule has 4 aromatic rings. The molecule has 0 unspecified atom stereocenters. The zero-order valence-electron chi connectivity index (χ0n) is 14.7. The van der Waals surface area contributed by atoms with Crippen LogP contribution in [0.5, 0.6) is 0 Å². The molecule has 124 valence electrons. The van der Waals surface area contributed by atoms with Gasteiger partial charge in [-0.2, -0.15) is 0 Å². The molecule has 0 aliphatic heterocycles. The van der Waals surface area contributed by atoms with Crippen molar-refractivity contribution in [3.8, 4) is 0 Å². The van der Waals surface area contributed by atoms with Crippen LogP contribution in [0.4, 0.5) is 0 Å². The van der Waals surface area contributed by atoms with Crippen molar-refractivity contribution in [1.29, 1.82) is 0 Å². The topological polar surface area (TPSA) is 0 Å². The van der Waals surface area contributed by atoms with Gasteiger partial charge in [0.15, 0.2) is 0 Å². The fourth-order valence-electron chi connectivity index (χ4n) is 3.62. The second-order valence-corrected chi connectivity index (χ2v) is 6.31. The monoisotopic (exact) mass is 332 g/mol. The van der Waals surface area contributed by atoms with E-state index in [-0.39, 0.29) is 0 Å². The van der Waals surface area contributed by atoms with E-state index in [1.165, 1.54) is 43.4 Å². The number of benzene rings is 4. The lowest BCUT2D eigenvalue weighted by Crippen LogP contribution is -1.87. The van der Waals surface area contributed by atoms with Crippen LogP contribution in [0.15, 0.2) is 98.1 Å². The zero-order valence-corrected chi connectivity index (χ0v) is 14.7. The zero-order chi connectivity index (χ0) is 17.9. The van der Waals surface area contributed by atoms with E-state index >= 15 is 0 Å². The minimum absolute atomic E-state index is 1.18. The van der Waals surface area contributed by atoms with Crippen molar-refractivity contribution in [2.75, 3.05) is 0 Å². The Balaban J connectivity index is 2.21. The van der Waals surface area contributed by atoms with Crippen LogP contribution >= 0.6 is 0 Å². The lowest BCUT2D eigenvalue weighted by Gasteiger charge is -2.13. The summed E-state index contributed by atoms with van der Waals surface area (Å²) < 4.78 is 0. The second kappa shape index (κ2) is 6.85. The fraction of sp³-hybridized carbons (Fsp3) is 0. The molecule has 0 saturated carbocycles. The van der Waals surface area contributed by atoms with E-state index in [0.29, 0.717) is 0 Å². The Morgan fingerprint density at radius 1 is 0.500 bits per heavy atom. The molecule has 0 heteroatoms. The van der Waals surface area contributed by atoms with Gasteiger partial charge < -0.3 is 0 Å². The molecule has 0 aliphatic rings. The fourth-order valence-corrected chi connectivity index (χ4v) is 3.62. The van der Waals surface area contributed by atoms with Gasteiger partial charge in [-0.05, 0) is 55.6 Å². The van der Waals surface area contributed by atoms with E-state index < -0.39 is 0 Å². The van der Waals surface area contributed by atoms with Gasteiger partial charge in [-0.15, -0.1) is 0 Å². The summed E-state index contributed by atoms with van der Waals surface area (Å²) in [6.07, 6.45) is 11.8. The van der Waals surface area contributed by atoms with Gasteiger partial charge in [-0.3, -0.25) is 0 Å². The Hall–Kier alpha value is -3.38. The Kier molecular flexibility index (Phi) is 4.25. The molecule has 0 saturated heterocycles. The Morgan fingerprint density at radius 3 is 1.19 bits per heavy atom. The van der Waals surface area contributed by atoms with Crippen LogP contribution < -0.4 is 0 Å². The molecular formula is C26H20. The number of fused-ring (bicyclic) bond motifs is 6. The lowest BCUT2D eigenvalue weighted by atomic mass is 9.91. The largest absolute Gasteiger partial charge is 0.0991 e. The van der Waals surface area contributed by atoms with Gasteiger partial charge in [0.1, 0.15) is 0 Å². The highest BCUT2D eigenvalue weighted by Crippen LogP contribution is 2.36. The number of rotatable bonds is 4. The van der Waals surface area contributed by atoms with Gasteiger partial charge in [0.25, 0.3) is 0 Å². The summed E-state index contributed by atoms with van der Waals surface area (Å²) in [5.74, 6) is 0. The van der Waals surface area contributed by atoms with Gasteiger partial charge in [-0.1, -0.05) is 98.1 Å². The van der Waals surface area contributed by atoms with Gasteiger partial charge in [0, 0.05) is 0 Å². The molecule has 4 aromatic carbocycles. The summed E-state index contributed by atoms with van der Waals surface area (Å²) in [6.45, 7) is 7.60. The van der Waals surface area contributed by atoms with Crippen molar-refractivity contribution in [3.05, 3.63) is 109 Å². The first-order chi connectivity index (χ1) is 12.8. The third-order valence-corrected chi connectivity index (χ3v) is 4.77. The lowest BCUT2D eigenvalue weighted by molar-refractivity contribution is 1.68. The summed E-state index contributed by atoms with van der Waals surface area (Å²) in [4.78, 5) is 0. The van der Waals surface area contributed by atoms with Gasteiger partial charge in [0.2, 0.25) is 0 Å². The molecule has 4 rings (SSSR count). The maximum absolute atomic E-state index is 3.80. The highest BCUT2D eigenvalue weighted by Gasteiger charge is 2.10. The number of hydrogen-bond acceptors (Lipinski definition) is 0. The van der Waals surface area contributed by atoms with E-state index in [0.717, 1.165) is 0 Å². The van der Waals surface area contributed by atoms with Gasteiger partial charge >= 0.3 is 0 Å². The summed E-state index contributed by atoms with van der Waals surface area (Å²) in [5.41, 5.74) is 2.35. The average Bonchev–Trinajstić information content (AvgIpc) is 2.70. The van der Waals surface area contributed by atoms with Crippen molar-refractivity contribution in [1.82, 2.24) is 0 Å². The molecule has 0 atom stereocenters.